The number of carbonyl (C=O) groups excluding carboxylic acids is 2. The fourth-order valence-electron chi connectivity index (χ4n) is 1.21. The van der Waals surface area contributed by atoms with E-state index in [1.165, 1.54) is 6.07 Å². The van der Waals surface area contributed by atoms with E-state index in [2.05, 4.69) is 5.32 Å². The van der Waals surface area contributed by atoms with Gasteiger partial charge in [-0.25, -0.2) is 4.79 Å². The van der Waals surface area contributed by atoms with Crippen LogP contribution in [0.2, 0.25) is 0 Å². The lowest BCUT2D eigenvalue weighted by molar-refractivity contribution is -0.402. The van der Waals surface area contributed by atoms with Crippen molar-refractivity contribution in [3.63, 3.8) is 0 Å². The third-order valence-electron chi connectivity index (χ3n) is 1.91. The summed E-state index contributed by atoms with van der Waals surface area (Å²) in [5.41, 5.74) is -0.716. The first-order valence-electron chi connectivity index (χ1n) is 5.42. The lowest BCUT2D eigenvalue weighted by Crippen LogP contribution is -2.35. The summed E-state index contributed by atoms with van der Waals surface area (Å²) < 4.78 is 9.79. The third-order valence-corrected chi connectivity index (χ3v) is 1.91. The summed E-state index contributed by atoms with van der Waals surface area (Å²) in [5, 5.41) is 12.7. The van der Waals surface area contributed by atoms with Gasteiger partial charge in [0.2, 0.25) is 0 Å². The van der Waals surface area contributed by atoms with Crippen molar-refractivity contribution in [1.29, 1.82) is 0 Å². The van der Waals surface area contributed by atoms with E-state index in [-0.39, 0.29) is 5.76 Å². The van der Waals surface area contributed by atoms with E-state index in [9.17, 15) is 19.7 Å². The summed E-state index contributed by atoms with van der Waals surface area (Å²) >= 11 is 0. The summed E-state index contributed by atoms with van der Waals surface area (Å²) in [7, 11) is 0. The van der Waals surface area contributed by atoms with Crippen LogP contribution in [-0.4, -0.2) is 22.9 Å². The van der Waals surface area contributed by atoms with Gasteiger partial charge in [0.05, 0.1) is 6.07 Å². The Balaban J connectivity index is 2.75. The maximum Gasteiger partial charge on any atom is 0.433 e. The van der Waals surface area contributed by atoms with Gasteiger partial charge in [-0.3, -0.25) is 10.1 Å². The highest BCUT2D eigenvalue weighted by molar-refractivity contribution is 5.74. The van der Waals surface area contributed by atoms with Gasteiger partial charge in [0.25, 0.3) is 0 Å². The second kappa shape index (κ2) is 5.51. The number of nitro groups is 1. The molecule has 1 heterocycles. The van der Waals surface area contributed by atoms with Crippen LogP contribution in [-0.2, 0) is 9.53 Å². The molecule has 0 radical (unpaired) electrons. The number of hydrogen-bond donors (Lipinski definition) is 1. The summed E-state index contributed by atoms with van der Waals surface area (Å²) in [6.45, 7) is 5.00. The van der Waals surface area contributed by atoms with Gasteiger partial charge in [-0.2, -0.15) is 0 Å². The average Bonchev–Trinajstić information content (AvgIpc) is 2.72. The molecular formula is C11H14N2O6. The highest BCUT2D eigenvalue weighted by atomic mass is 16.6. The zero-order chi connectivity index (χ0) is 14.6. The maximum atomic E-state index is 11.5. The number of carbonyl (C=O) groups is 2. The van der Waals surface area contributed by atoms with Crippen molar-refractivity contribution in [3.8, 4) is 0 Å². The van der Waals surface area contributed by atoms with Crippen LogP contribution < -0.4 is 5.32 Å². The molecule has 0 saturated carbocycles. The fourth-order valence-corrected chi connectivity index (χ4v) is 1.21. The zero-order valence-corrected chi connectivity index (χ0v) is 10.7. The van der Waals surface area contributed by atoms with Gasteiger partial charge in [-0.15, -0.1) is 0 Å². The van der Waals surface area contributed by atoms with Crippen molar-refractivity contribution < 1.29 is 23.7 Å². The summed E-state index contributed by atoms with van der Waals surface area (Å²) in [6.07, 6.45) is -0.421. The van der Waals surface area contributed by atoms with Gasteiger partial charge in [0, 0.05) is 0 Å². The first kappa shape index (κ1) is 14.7. The SMILES string of the molecule is CC(C)(C)OC(=O)NC(C=O)c1ccc([N+](=O)[O-])o1. The molecule has 8 heteroatoms. The van der Waals surface area contributed by atoms with Gasteiger partial charge in [-0.1, -0.05) is 0 Å². The Kier molecular flexibility index (Phi) is 4.26. The number of nitrogens with one attached hydrogen (secondary N) is 1. The number of amides is 1. The molecule has 104 valence electrons. The molecule has 0 fully saturated rings. The Morgan fingerprint density at radius 2 is 2.16 bits per heavy atom. The molecule has 1 unspecified atom stereocenters. The highest BCUT2D eigenvalue weighted by Gasteiger charge is 2.24. The predicted octanol–water partition coefficient (Wildman–Crippen LogP) is 1.95. The van der Waals surface area contributed by atoms with Crippen molar-refractivity contribution >= 4 is 18.3 Å². The number of hydrogen-bond acceptors (Lipinski definition) is 6. The molecule has 0 saturated heterocycles. The summed E-state index contributed by atoms with van der Waals surface area (Å²) in [5.74, 6) is -0.541. The molecule has 0 aliphatic heterocycles. The van der Waals surface area contributed by atoms with Crippen LogP contribution in [0.3, 0.4) is 0 Å². The summed E-state index contributed by atoms with van der Waals surface area (Å²) in [6, 6.07) is 1.21. The van der Waals surface area contributed by atoms with Crippen LogP contribution in [0.1, 0.15) is 32.6 Å². The summed E-state index contributed by atoms with van der Waals surface area (Å²) in [4.78, 5) is 32.1. The highest BCUT2D eigenvalue weighted by Crippen LogP contribution is 2.21. The smallest absolute Gasteiger partial charge is 0.433 e. The minimum atomic E-state index is -1.14. The first-order valence-corrected chi connectivity index (χ1v) is 5.42. The number of nitrogens with zero attached hydrogens (tertiary/aromatic N) is 1. The molecule has 1 amide bonds. The van der Waals surface area contributed by atoms with E-state index in [0.29, 0.717) is 6.29 Å². The van der Waals surface area contributed by atoms with Crippen LogP contribution in [0.15, 0.2) is 16.5 Å². The fraction of sp³-hybridized carbons (Fsp3) is 0.455. The molecule has 0 aromatic carbocycles. The maximum absolute atomic E-state index is 11.5. The van der Waals surface area contributed by atoms with Gasteiger partial charge in [0.15, 0.2) is 0 Å². The van der Waals surface area contributed by atoms with Crippen LogP contribution in [0.5, 0.6) is 0 Å². The number of furan rings is 1. The molecule has 8 nitrogen and oxygen atoms in total. The van der Waals surface area contributed by atoms with Gasteiger partial charge >= 0.3 is 12.0 Å². The van der Waals surface area contributed by atoms with E-state index in [4.69, 9.17) is 9.15 Å². The minimum absolute atomic E-state index is 0.0347. The molecule has 1 N–H and O–H groups in total. The predicted molar refractivity (Wildman–Crippen MR) is 63.5 cm³/mol. The molecule has 1 aromatic heterocycles. The molecule has 1 aromatic rings. The Bertz CT molecular complexity index is 488. The van der Waals surface area contributed by atoms with Gasteiger partial charge < -0.3 is 19.3 Å². The average molecular weight is 270 g/mol. The van der Waals surface area contributed by atoms with Crippen molar-refractivity contribution in [1.82, 2.24) is 5.32 Å². The molecule has 0 spiro atoms. The van der Waals surface area contributed by atoms with Crippen molar-refractivity contribution in [2.75, 3.05) is 0 Å². The quantitative estimate of drug-likeness (QED) is 0.508. The lowest BCUT2D eigenvalue weighted by Gasteiger charge is -2.20. The van der Waals surface area contributed by atoms with Crippen LogP contribution >= 0.6 is 0 Å². The van der Waals surface area contributed by atoms with Crippen LogP contribution in [0.4, 0.5) is 10.7 Å². The molecule has 0 bridgehead atoms. The second-order valence-corrected chi connectivity index (χ2v) is 4.69. The molecule has 0 aliphatic rings. The molecule has 0 aliphatic carbocycles. The monoisotopic (exact) mass is 270 g/mol. The zero-order valence-electron chi connectivity index (χ0n) is 10.7. The Labute approximate surface area is 108 Å². The Morgan fingerprint density at radius 3 is 2.58 bits per heavy atom. The number of rotatable bonds is 4. The standard InChI is InChI=1S/C11H14N2O6/c1-11(2,3)19-10(15)12-7(6-14)8-4-5-9(18-8)13(16)17/h4-7H,1-3H3,(H,12,15). The Hall–Kier alpha value is -2.38. The topological polar surface area (TPSA) is 112 Å². The number of aldehydes is 1. The van der Waals surface area contributed by atoms with Crippen molar-refractivity contribution in [2.24, 2.45) is 0 Å². The van der Waals surface area contributed by atoms with E-state index >= 15 is 0 Å². The first-order chi connectivity index (χ1) is 8.73. The van der Waals surface area contributed by atoms with Crippen LogP contribution in [0.25, 0.3) is 0 Å². The second-order valence-electron chi connectivity index (χ2n) is 4.69. The minimum Gasteiger partial charge on any atom is -0.444 e. The Morgan fingerprint density at radius 1 is 1.53 bits per heavy atom. The van der Waals surface area contributed by atoms with E-state index in [1.807, 2.05) is 0 Å². The number of alkyl carbamates (subject to hydrolysis) is 1. The third kappa shape index (κ3) is 4.41. The van der Waals surface area contributed by atoms with Gasteiger partial charge in [0.1, 0.15) is 28.6 Å². The number of ether oxygens (including phenoxy) is 1. The molecular weight excluding hydrogens is 256 g/mol. The van der Waals surface area contributed by atoms with Gasteiger partial charge in [-0.05, 0) is 26.8 Å². The largest absolute Gasteiger partial charge is 0.444 e. The van der Waals surface area contributed by atoms with E-state index in [0.717, 1.165) is 6.07 Å². The van der Waals surface area contributed by atoms with E-state index < -0.39 is 28.5 Å². The molecule has 1 rings (SSSR count). The molecule has 19 heavy (non-hydrogen) atoms. The van der Waals surface area contributed by atoms with Crippen molar-refractivity contribution in [3.05, 3.63) is 28.0 Å². The van der Waals surface area contributed by atoms with Crippen molar-refractivity contribution in [2.45, 2.75) is 32.4 Å². The normalized spacial score (nSPS) is 12.6. The van der Waals surface area contributed by atoms with Crippen LogP contribution in [0, 0.1) is 10.1 Å². The van der Waals surface area contributed by atoms with E-state index in [1.54, 1.807) is 20.8 Å². The molecule has 1 atom stereocenters. The lowest BCUT2D eigenvalue weighted by atomic mass is 10.2.